The molecule has 0 bridgehead atoms. The molecular weight excluding hydrogens is 288 g/mol. The topological polar surface area (TPSA) is 106 Å². The van der Waals surface area contributed by atoms with E-state index in [1.165, 1.54) is 11.1 Å². The van der Waals surface area contributed by atoms with E-state index in [9.17, 15) is 9.59 Å². The van der Waals surface area contributed by atoms with Crippen molar-refractivity contribution in [3.8, 4) is 11.5 Å². The Labute approximate surface area is 128 Å². The third-order valence-corrected chi connectivity index (χ3v) is 2.51. The van der Waals surface area contributed by atoms with Gasteiger partial charge in [0, 0.05) is 14.1 Å². The molecule has 0 aromatic heterocycles. The first kappa shape index (κ1) is 17.3. The molecule has 22 heavy (non-hydrogen) atoms. The standard InChI is InChI=1S/C14H20N4O4/c1-4-21-12-7-10(8-16-17-14(15)20)5-6-11(12)22-9-13(19)18(2)3/h5-8H,4,9H2,1-3H3,(H3,15,17,20)/b16-8+. The monoisotopic (exact) mass is 308 g/mol. The molecule has 0 atom stereocenters. The smallest absolute Gasteiger partial charge is 0.332 e. The summed E-state index contributed by atoms with van der Waals surface area (Å²) in [4.78, 5) is 23.5. The normalized spacial score (nSPS) is 10.3. The lowest BCUT2D eigenvalue weighted by Crippen LogP contribution is -2.27. The number of carbonyl (C=O) groups excluding carboxylic acids is 2. The van der Waals surface area contributed by atoms with Gasteiger partial charge in [-0.3, -0.25) is 4.79 Å². The summed E-state index contributed by atoms with van der Waals surface area (Å²) in [5.41, 5.74) is 7.69. The predicted molar refractivity (Wildman–Crippen MR) is 82.1 cm³/mol. The maximum Gasteiger partial charge on any atom is 0.332 e. The largest absolute Gasteiger partial charge is 0.490 e. The van der Waals surface area contributed by atoms with Crippen LogP contribution in [0, 0.1) is 0 Å². The lowest BCUT2D eigenvalue weighted by atomic mass is 10.2. The van der Waals surface area contributed by atoms with E-state index in [1.54, 1.807) is 32.3 Å². The van der Waals surface area contributed by atoms with Crippen LogP contribution in [0.4, 0.5) is 4.79 Å². The number of hydrogen-bond donors (Lipinski definition) is 2. The number of rotatable bonds is 7. The molecule has 1 aromatic carbocycles. The number of nitrogens with one attached hydrogen (secondary N) is 1. The van der Waals surface area contributed by atoms with E-state index in [2.05, 4.69) is 10.5 Å². The summed E-state index contributed by atoms with van der Waals surface area (Å²) in [5, 5.41) is 3.66. The van der Waals surface area contributed by atoms with Crippen molar-refractivity contribution in [2.45, 2.75) is 6.92 Å². The number of nitrogens with two attached hydrogens (primary N) is 1. The third-order valence-electron chi connectivity index (χ3n) is 2.51. The fourth-order valence-corrected chi connectivity index (χ4v) is 1.43. The summed E-state index contributed by atoms with van der Waals surface area (Å²) in [6, 6.07) is 4.32. The fraction of sp³-hybridized carbons (Fsp3) is 0.357. The molecule has 0 fully saturated rings. The number of ether oxygens (including phenoxy) is 2. The van der Waals surface area contributed by atoms with E-state index in [0.717, 1.165) is 0 Å². The van der Waals surface area contributed by atoms with Crippen LogP contribution in [0.1, 0.15) is 12.5 Å². The van der Waals surface area contributed by atoms with Gasteiger partial charge in [-0.05, 0) is 30.7 Å². The highest BCUT2D eigenvalue weighted by Crippen LogP contribution is 2.28. The molecule has 3 amide bonds. The maximum absolute atomic E-state index is 11.5. The minimum atomic E-state index is -0.747. The highest BCUT2D eigenvalue weighted by atomic mass is 16.5. The Balaban J connectivity index is 2.83. The van der Waals surface area contributed by atoms with Gasteiger partial charge in [0.1, 0.15) is 0 Å². The minimum Gasteiger partial charge on any atom is -0.490 e. The van der Waals surface area contributed by atoms with Gasteiger partial charge in [0.15, 0.2) is 18.1 Å². The number of primary amides is 1. The van der Waals surface area contributed by atoms with Crippen molar-refractivity contribution in [3.63, 3.8) is 0 Å². The number of likely N-dealkylation sites (N-methyl/N-ethyl adjacent to an activating group) is 1. The van der Waals surface area contributed by atoms with E-state index in [4.69, 9.17) is 15.2 Å². The van der Waals surface area contributed by atoms with Gasteiger partial charge in [0.2, 0.25) is 0 Å². The lowest BCUT2D eigenvalue weighted by molar-refractivity contribution is -0.130. The van der Waals surface area contributed by atoms with Crippen LogP contribution in [-0.2, 0) is 4.79 Å². The van der Waals surface area contributed by atoms with Gasteiger partial charge < -0.3 is 20.1 Å². The summed E-state index contributed by atoms with van der Waals surface area (Å²) in [5.74, 6) is 0.785. The Bertz CT molecular complexity index is 558. The quantitative estimate of drug-likeness (QED) is 0.567. The molecule has 0 spiro atoms. The number of amides is 3. The van der Waals surface area contributed by atoms with E-state index in [-0.39, 0.29) is 12.5 Å². The average molecular weight is 308 g/mol. The van der Waals surface area contributed by atoms with Gasteiger partial charge in [-0.15, -0.1) is 0 Å². The number of benzene rings is 1. The van der Waals surface area contributed by atoms with Crippen LogP contribution in [0.25, 0.3) is 0 Å². The maximum atomic E-state index is 11.5. The number of hydrogen-bond acceptors (Lipinski definition) is 5. The molecule has 0 aliphatic carbocycles. The van der Waals surface area contributed by atoms with Crippen molar-refractivity contribution >= 4 is 18.2 Å². The van der Waals surface area contributed by atoms with Crippen molar-refractivity contribution < 1.29 is 19.1 Å². The van der Waals surface area contributed by atoms with Crippen molar-refractivity contribution in [3.05, 3.63) is 23.8 Å². The number of carbonyl (C=O) groups is 2. The van der Waals surface area contributed by atoms with Crippen molar-refractivity contribution in [1.29, 1.82) is 0 Å². The molecule has 0 saturated carbocycles. The highest BCUT2D eigenvalue weighted by Gasteiger charge is 2.10. The predicted octanol–water partition coefficient (Wildman–Crippen LogP) is 0.554. The van der Waals surface area contributed by atoms with Crippen LogP contribution in [0.5, 0.6) is 11.5 Å². The van der Waals surface area contributed by atoms with Gasteiger partial charge in [-0.25, -0.2) is 10.2 Å². The molecule has 0 unspecified atom stereocenters. The van der Waals surface area contributed by atoms with Crippen LogP contribution in [-0.4, -0.2) is 50.4 Å². The zero-order valence-corrected chi connectivity index (χ0v) is 12.8. The molecule has 0 aliphatic heterocycles. The third kappa shape index (κ3) is 5.70. The molecule has 0 heterocycles. The second-order valence-electron chi connectivity index (χ2n) is 4.45. The Morgan fingerprint density at radius 2 is 2.05 bits per heavy atom. The summed E-state index contributed by atoms with van der Waals surface area (Å²) in [6.45, 7) is 2.20. The molecule has 0 aliphatic rings. The van der Waals surface area contributed by atoms with E-state index < -0.39 is 6.03 Å². The fourth-order valence-electron chi connectivity index (χ4n) is 1.43. The van der Waals surface area contributed by atoms with E-state index in [1.807, 2.05) is 6.92 Å². The summed E-state index contributed by atoms with van der Waals surface area (Å²) in [6.07, 6.45) is 1.42. The lowest BCUT2D eigenvalue weighted by Gasteiger charge is -2.14. The molecule has 8 nitrogen and oxygen atoms in total. The molecule has 0 radical (unpaired) electrons. The van der Waals surface area contributed by atoms with Crippen LogP contribution in [0.3, 0.4) is 0 Å². The minimum absolute atomic E-state index is 0.0796. The number of hydrazone groups is 1. The first-order chi connectivity index (χ1) is 10.4. The Morgan fingerprint density at radius 3 is 2.64 bits per heavy atom. The van der Waals surface area contributed by atoms with Crippen LogP contribution in [0.15, 0.2) is 23.3 Å². The number of nitrogens with zero attached hydrogens (tertiary/aromatic N) is 2. The van der Waals surface area contributed by atoms with Gasteiger partial charge in [-0.1, -0.05) is 0 Å². The van der Waals surface area contributed by atoms with Crippen LogP contribution in [0.2, 0.25) is 0 Å². The zero-order chi connectivity index (χ0) is 16.5. The SMILES string of the molecule is CCOc1cc(/C=N/NC(N)=O)ccc1OCC(=O)N(C)C. The van der Waals surface area contributed by atoms with Crippen LogP contribution < -0.4 is 20.6 Å². The Morgan fingerprint density at radius 1 is 1.32 bits per heavy atom. The molecule has 3 N–H and O–H groups in total. The van der Waals surface area contributed by atoms with E-state index >= 15 is 0 Å². The van der Waals surface area contributed by atoms with Crippen molar-refractivity contribution in [2.24, 2.45) is 10.8 Å². The second kappa shape index (κ2) is 8.50. The number of urea groups is 1. The highest BCUT2D eigenvalue weighted by molar-refractivity contribution is 5.82. The molecule has 1 rings (SSSR count). The summed E-state index contributed by atoms with van der Waals surface area (Å²) in [7, 11) is 3.31. The average Bonchev–Trinajstić information content (AvgIpc) is 2.46. The molecule has 0 saturated heterocycles. The van der Waals surface area contributed by atoms with Gasteiger partial charge >= 0.3 is 6.03 Å². The van der Waals surface area contributed by atoms with E-state index in [0.29, 0.717) is 23.7 Å². The summed E-state index contributed by atoms with van der Waals surface area (Å²) < 4.78 is 10.9. The molecular formula is C14H20N4O4. The zero-order valence-electron chi connectivity index (χ0n) is 12.8. The first-order valence-electron chi connectivity index (χ1n) is 6.62. The Hall–Kier alpha value is -2.77. The van der Waals surface area contributed by atoms with Gasteiger partial charge in [0.25, 0.3) is 5.91 Å². The summed E-state index contributed by atoms with van der Waals surface area (Å²) >= 11 is 0. The molecule has 1 aromatic rings. The van der Waals surface area contributed by atoms with Crippen molar-refractivity contribution in [1.82, 2.24) is 10.3 Å². The Kier molecular flexibility index (Phi) is 6.68. The molecule has 120 valence electrons. The van der Waals surface area contributed by atoms with Crippen LogP contribution >= 0.6 is 0 Å². The second-order valence-corrected chi connectivity index (χ2v) is 4.45. The molecule has 8 heteroatoms. The van der Waals surface area contributed by atoms with Gasteiger partial charge in [-0.2, -0.15) is 5.10 Å². The van der Waals surface area contributed by atoms with Gasteiger partial charge in [0.05, 0.1) is 12.8 Å². The first-order valence-corrected chi connectivity index (χ1v) is 6.62. The van der Waals surface area contributed by atoms with Crippen molar-refractivity contribution in [2.75, 3.05) is 27.3 Å².